The Morgan fingerprint density at radius 1 is 1.00 bits per heavy atom. The van der Waals surface area contributed by atoms with Crippen LogP contribution in [0.25, 0.3) is 0 Å². The number of benzene rings is 1. The fourth-order valence-electron chi connectivity index (χ4n) is 1.66. The Balaban J connectivity index is 2.26. The quantitative estimate of drug-likeness (QED) is 0.732. The Kier molecular flexibility index (Phi) is 3.72. The molecule has 1 aromatic heterocycles. The maximum atomic E-state index is 11.2. The van der Waals surface area contributed by atoms with Gasteiger partial charge in [0.25, 0.3) is 0 Å². The van der Waals surface area contributed by atoms with Crippen LogP contribution in [-0.2, 0) is 0 Å². The molecular formula is C16H15NO2. The van der Waals surface area contributed by atoms with Crippen molar-refractivity contribution in [3.63, 3.8) is 0 Å². The molecule has 0 saturated carbocycles. The summed E-state index contributed by atoms with van der Waals surface area (Å²) in [4.78, 5) is 13.2. The topological polar surface area (TPSA) is 33.5 Å². The van der Waals surface area contributed by atoms with Crippen molar-refractivity contribution in [1.29, 1.82) is 0 Å². The van der Waals surface area contributed by atoms with E-state index in [4.69, 9.17) is 4.42 Å². The molecule has 0 N–H and O–H groups in total. The van der Waals surface area contributed by atoms with Gasteiger partial charge in [0.1, 0.15) is 5.76 Å². The summed E-state index contributed by atoms with van der Waals surface area (Å²) >= 11 is 0. The lowest BCUT2D eigenvalue weighted by Crippen LogP contribution is -2.07. The molecule has 1 aromatic carbocycles. The van der Waals surface area contributed by atoms with E-state index in [1.807, 2.05) is 43.3 Å². The molecule has 0 fully saturated rings. The number of hydrogen-bond acceptors (Lipinski definition) is 3. The summed E-state index contributed by atoms with van der Waals surface area (Å²) in [6, 6.07) is 11.1. The van der Waals surface area contributed by atoms with E-state index in [2.05, 4.69) is 11.8 Å². The highest BCUT2D eigenvalue weighted by Crippen LogP contribution is 2.11. The molecule has 3 heteroatoms. The molecule has 1 heterocycles. The Morgan fingerprint density at radius 3 is 2.21 bits per heavy atom. The largest absolute Gasteiger partial charge is 0.428 e. The molecule has 3 nitrogen and oxygen atoms in total. The van der Waals surface area contributed by atoms with Gasteiger partial charge in [0.05, 0.1) is 0 Å². The Labute approximate surface area is 112 Å². The van der Waals surface area contributed by atoms with Crippen LogP contribution < -0.4 is 10.5 Å². The predicted octanol–water partition coefficient (Wildman–Crippen LogP) is 2.41. The first kappa shape index (κ1) is 13.0. The third-order valence-corrected chi connectivity index (χ3v) is 2.63. The van der Waals surface area contributed by atoms with Crippen LogP contribution in [0.15, 0.2) is 45.6 Å². The van der Waals surface area contributed by atoms with Gasteiger partial charge < -0.3 is 9.32 Å². The third-order valence-electron chi connectivity index (χ3n) is 2.63. The molecule has 0 bridgehead atoms. The van der Waals surface area contributed by atoms with Gasteiger partial charge in [0.15, 0.2) is 0 Å². The van der Waals surface area contributed by atoms with Crippen molar-refractivity contribution in [1.82, 2.24) is 0 Å². The van der Waals surface area contributed by atoms with E-state index in [0.717, 1.165) is 11.3 Å². The highest BCUT2D eigenvalue weighted by molar-refractivity contribution is 5.50. The van der Waals surface area contributed by atoms with E-state index in [1.165, 1.54) is 6.07 Å². The molecule has 96 valence electrons. The average Bonchev–Trinajstić information content (AvgIpc) is 2.36. The van der Waals surface area contributed by atoms with Crippen LogP contribution in [-0.4, -0.2) is 14.1 Å². The van der Waals surface area contributed by atoms with Gasteiger partial charge in [-0.25, -0.2) is 4.79 Å². The minimum atomic E-state index is -0.368. The second kappa shape index (κ2) is 5.45. The van der Waals surface area contributed by atoms with E-state index in [-0.39, 0.29) is 5.63 Å². The van der Waals surface area contributed by atoms with Crippen LogP contribution >= 0.6 is 0 Å². The zero-order valence-corrected chi connectivity index (χ0v) is 11.2. The molecule has 0 amide bonds. The molecule has 19 heavy (non-hydrogen) atoms. The molecular weight excluding hydrogens is 238 g/mol. The fourth-order valence-corrected chi connectivity index (χ4v) is 1.66. The third kappa shape index (κ3) is 3.49. The Morgan fingerprint density at radius 2 is 1.63 bits per heavy atom. The molecule has 0 unspecified atom stereocenters. The van der Waals surface area contributed by atoms with E-state index < -0.39 is 0 Å². The summed E-state index contributed by atoms with van der Waals surface area (Å²) in [6.07, 6.45) is 0. The van der Waals surface area contributed by atoms with E-state index in [1.54, 1.807) is 13.0 Å². The second-order valence-electron chi connectivity index (χ2n) is 4.47. The van der Waals surface area contributed by atoms with Crippen LogP contribution in [0.5, 0.6) is 0 Å². The zero-order chi connectivity index (χ0) is 13.8. The average molecular weight is 253 g/mol. The lowest BCUT2D eigenvalue weighted by molar-refractivity contribution is 0.479. The van der Waals surface area contributed by atoms with Gasteiger partial charge in [0.2, 0.25) is 0 Å². The van der Waals surface area contributed by atoms with Gasteiger partial charge in [-0.3, -0.25) is 0 Å². The maximum Gasteiger partial charge on any atom is 0.337 e. The van der Waals surface area contributed by atoms with Gasteiger partial charge in [-0.2, -0.15) is 0 Å². The molecule has 0 aliphatic heterocycles. The van der Waals surface area contributed by atoms with E-state index in [0.29, 0.717) is 11.3 Å². The van der Waals surface area contributed by atoms with Gasteiger partial charge in [-0.1, -0.05) is 11.8 Å². The first-order valence-corrected chi connectivity index (χ1v) is 5.96. The summed E-state index contributed by atoms with van der Waals surface area (Å²) in [5.74, 6) is 6.57. The van der Waals surface area contributed by atoms with Crippen molar-refractivity contribution < 1.29 is 4.42 Å². The Hall–Kier alpha value is -2.47. The standard InChI is InChI=1S/C16H15NO2/c1-12-10-14(11-16(18)19-12)5-4-13-6-8-15(9-7-13)17(2)3/h6-11H,1-3H3. The number of aryl methyl sites for hydroxylation is 1. The maximum absolute atomic E-state index is 11.2. The highest BCUT2D eigenvalue weighted by atomic mass is 16.4. The lowest BCUT2D eigenvalue weighted by Gasteiger charge is -2.11. The van der Waals surface area contributed by atoms with Crippen molar-refractivity contribution in [2.75, 3.05) is 19.0 Å². The molecule has 2 rings (SSSR count). The van der Waals surface area contributed by atoms with Gasteiger partial charge in [-0.15, -0.1) is 0 Å². The fraction of sp³-hybridized carbons (Fsp3) is 0.188. The molecule has 0 aliphatic rings. The first-order chi connectivity index (χ1) is 9.04. The first-order valence-electron chi connectivity index (χ1n) is 5.96. The molecule has 0 saturated heterocycles. The minimum Gasteiger partial charge on any atom is -0.428 e. The van der Waals surface area contributed by atoms with Crippen LogP contribution in [0.3, 0.4) is 0 Å². The summed E-state index contributed by atoms with van der Waals surface area (Å²) < 4.78 is 4.88. The Bertz CT molecular complexity index is 685. The normalized spacial score (nSPS) is 9.63. The van der Waals surface area contributed by atoms with E-state index >= 15 is 0 Å². The molecule has 2 aromatic rings. The monoisotopic (exact) mass is 253 g/mol. The summed E-state index contributed by atoms with van der Waals surface area (Å²) in [5.41, 5.74) is 2.34. The van der Waals surface area contributed by atoms with Crippen molar-refractivity contribution in [2.45, 2.75) is 6.92 Å². The van der Waals surface area contributed by atoms with Crippen LogP contribution in [0.4, 0.5) is 5.69 Å². The number of anilines is 1. The van der Waals surface area contributed by atoms with Crippen molar-refractivity contribution >= 4 is 5.69 Å². The van der Waals surface area contributed by atoms with Crippen LogP contribution in [0, 0.1) is 18.8 Å². The van der Waals surface area contributed by atoms with Crippen molar-refractivity contribution in [2.24, 2.45) is 0 Å². The molecule has 0 aliphatic carbocycles. The molecule has 0 atom stereocenters. The second-order valence-corrected chi connectivity index (χ2v) is 4.47. The van der Waals surface area contributed by atoms with Crippen molar-refractivity contribution in [3.8, 4) is 11.8 Å². The number of nitrogens with zero attached hydrogens (tertiary/aromatic N) is 1. The summed E-state index contributed by atoms with van der Waals surface area (Å²) in [6.45, 7) is 1.73. The van der Waals surface area contributed by atoms with E-state index in [9.17, 15) is 4.79 Å². The SMILES string of the molecule is Cc1cc(C#Cc2ccc(N(C)C)cc2)cc(=O)o1. The molecule has 0 radical (unpaired) electrons. The van der Waals surface area contributed by atoms with Gasteiger partial charge >= 0.3 is 5.63 Å². The summed E-state index contributed by atoms with van der Waals surface area (Å²) in [5, 5.41) is 0. The smallest absolute Gasteiger partial charge is 0.337 e. The predicted molar refractivity (Wildman–Crippen MR) is 76.5 cm³/mol. The minimum absolute atomic E-state index is 0.368. The van der Waals surface area contributed by atoms with Crippen LogP contribution in [0.1, 0.15) is 16.9 Å². The van der Waals surface area contributed by atoms with Gasteiger partial charge in [0, 0.05) is 37.0 Å². The molecule has 0 spiro atoms. The zero-order valence-electron chi connectivity index (χ0n) is 11.2. The highest BCUT2D eigenvalue weighted by Gasteiger charge is 1.95. The number of hydrogen-bond donors (Lipinski definition) is 0. The lowest BCUT2D eigenvalue weighted by atomic mass is 10.2. The summed E-state index contributed by atoms with van der Waals surface area (Å²) in [7, 11) is 3.99. The number of rotatable bonds is 1. The van der Waals surface area contributed by atoms with Gasteiger partial charge in [-0.05, 0) is 37.3 Å². The van der Waals surface area contributed by atoms with Crippen LogP contribution in [0.2, 0.25) is 0 Å². The van der Waals surface area contributed by atoms with Crippen molar-refractivity contribution in [3.05, 3.63) is 63.7 Å².